The van der Waals surface area contributed by atoms with Gasteiger partial charge in [-0.1, -0.05) is 34.1 Å². The van der Waals surface area contributed by atoms with Crippen LogP contribution in [-0.2, 0) is 13.1 Å². The minimum Gasteiger partial charge on any atom is -0.507 e. The van der Waals surface area contributed by atoms with Crippen LogP contribution in [0.5, 0.6) is 17.2 Å². The van der Waals surface area contributed by atoms with Crippen molar-refractivity contribution in [3.63, 3.8) is 0 Å². The fourth-order valence-electron chi connectivity index (χ4n) is 3.32. The van der Waals surface area contributed by atoms with Gasteiger partial charge >= 0.3 is 0 Å². The molecule has 0 aliphatic carbocycles. The number of aromatic hydroxyl groups is 1. The average molecular weight is 417 g/mol. The highest BCUT2D eigenvalue weighted by molar-refractivity contribution is 9.10. The molecule has 0 saturated heterocycles. The van der Waals surface area contributed by atoms with Crippen molar-refractivity contribution in [3.8, 4) is 17.2 Å². The summed E-state index contributed by atoms with van der Waals surface area (Å²) in [6.45, 7) is 1.46. The van der Waals surface area contributed by atoms with Gasteiger partial charge in [0.05, 0.1) is 32.4 Å². The quantitative estimate of drug-likeness (QED) is 0.645. The van der Waals surface area contributed by atoms with E-state index in [0.29, 0.717) is 12.3 Å². The lowest BCUT2D eigenvalue weighted by Gasteiger charge is -2.19. The molecule has 3 aromatic rings. The summed E-state index contributed by atoms with van der Waals surface area (Å²) in [6, 6.07) is 15.7. The molecular weight excluding hydrogens is 394 g/mol. The van der Waals surface area contributed by atoms with E-state index in [1.807, 2.05) is 36.4 Å². The van der Waals surface area contributed by atoms with E-state index >= 15 is 0 Å². The summed E-state index contributed by atoms with van der Waals surface area (Å²) in [6.07, 6.45) is 0. The normalized spacial score (nSPS) is 12.2. The molecule has 3 rings (SSSR count). The van der Waals surface area contributed by atoms with Crippen molar-refractivity contribution in [2.45, 2.75) is 13.1 Å². The van der Waals surface area contributed by atoms with Crippen LogP contribution in [0.3, 0.4) is 0 Å². The zero-order valence-electron chi connectivity index (χ0n) is 15.2. The van der Waals surface area contributed by atoms with Crippen LogP contribution in [0.1, 0.15) is 11.1 Å². The van der Waals surface area contributed by atoms with Crippen LogP contribution < -0.4 is 14.4 Å². The van der Waals surface area contributed by atoms with Gasteiger partial charge in [-0.2, -0.15) is 0 Å². The number of rotatable bonds is 6. The number of hydrogen-bond acceptors (Lipinski definition) is 3. The number of halogens is 1. The third-order valence-corrected chi connectivity index (χ3v) is 5.02. The number of benzene rings is 3. The first kappa shape index (κ1) is 18.5. The molecule has 26 heavy (non-hydrogen) atoms. The van der Waals surface area contributed by atoms with E-state index in [9.17, 15) is 5.11 Å². The molecule has 5 heteroatoms. The Morgan fingerprint density at radius 2 is 1.81 bits per heavy atom. The lowest BCUT2D eigenvalue weighted by atomic mass is 10.0. The SMILES string of the molecule is COc1cccc(C[NH+](C)Cc2c(O)ccc3cc(Br)ccc23)c1OC. The van der Waals surface area contributed by atoms with Gasteiger partial charge in [-0.05, 0) is 41.1 Å². The zero-order valence-corrected chi connectivity index (χ0v) is 16.8. The summed E-state index contributed by atoms with van der Waals surface area (Å²) in [5, 5.41) is 12.6. The molecule has 0 radical (unpaired) electrons. The number of fused-ring (bicyclic) bond motifs is 1. The number of para-hydroxylation sites is 1. The van der Waals surface area contributed by atoms with E-state index in [2.05, 4.69) is 29.0 Å². The van der Waals surface area contributed by atoms with Gasteiger partial charge in [0.15, 0.2) is 11.5 Å². The largest absolute Gasteiger partial charge is 0.507 e. The van der Waals surface area contributed by atoms with Gasteiger partial charge in [-0.25, -0.2) is 0 Å². The molecule has 0 saturated carbocycles. The Balaban J connectivity index is 1.88. The van der Waals surface area contributed by atoms with Crippen LogP contribution >= 0.6 is 15.9 Å². The Bertz CT molecular complexity index is 927. The maximum Gasteiger partial charge on any atom is 0.169 e. The Morgan fingerprint density at radius 1 is 1.00 bits per heavy atom. The van der Waals surface area contributed by atoms with E-state index in [1.54, 1.807) is 20.3 Å². The summed E-state index contributed by atoms with van der Waals surface area (Å²) < 4.78 is 11.9. The lowest BCUT2D eigenvalue weighted by Crippen LogP contribution is -3.06. The van der Waals surface area contributed by atoms with Gasteiger partial charge in [0.1, 0.15) is 18.8 Å². The van der Waals surface area contributed by atoms with Crippen molar-refractivity contribution < 1.29 is 19.5 Å². The maximum absolute atomic E-state index is 10.4. The number of methoxy groups -OCH3 is 2. The third kappa shape index (κ3) is 3.79. The lowest BCUT2D eigenvalue weighted by molar-refractivity contribution is -0.907. The minimum atomic E-state index is 0.330. The van der Waals surface area contributed by atoms with Crippen molar-refractivity contribution in [2.24, 2.45) is 0 Å². The average Bonchev–Trinajstić information content (AvgIpc) is 2.63. The van der Waals surface area contributed by atoms with E-state index in [0.717, 1.165) is 44.4 Å². The van der Waals surface area contributed by atoms with Gasteiger partial charge in [0, 0.05) is 4.47 Å². The fraction of sp³-hybridized carbons (Fsp3) is 0.238. The van der Waals surface area contributed by atoms with Crippen LogP contribution in [-0.4, -0.2) is 26.4 Å². The second-order valence-corrected chi connectivity index (χ2v) is 7.31. The Hall–Kier alpha value is -2.24. The number of phenolic OH excluding ortho intramolecular Hbond substituents is 1. The Kier molecular flexibility index (Phi) is 5.69. The first-order chi connectivity index (χ1) is 12.5. The van der Waals surface area contributed by atoms with Crippen LogP contribution in [0, 0.1) is 0 Å². The van der Waals surface area contributed by atoms with Crippen LogP contribution in [0.4, 0.5) is 0 Å². The van der Waals surface area contributed by atoms with Crippen molar-refractivity contribution >= 4 is 26.7 Å². The zero-order chi connectivity index (χ0) is 18.7. The molecule has 0 aliphatic heterocycles. The first-order valence-electron chi connectivity index (χ1n) is 8.44. The number of quaternary nitrogens is 1. The number of phenols is 1. The van der Waals surface area contributed by atoms with Crippen molar-refractivity contribution in [3.05, 3.63) is 64.1 Å². The summed E-state index contributed by atoms with van der Waals surface area (Å²) in [5.74, 6) is 1.83. The fourth-order valence-corrected chi connectivity index (χ4v) is 3.70. The molecular formula is C21H23BrNO3+. The monoisotopic (exact) mass is 416 g/mol. The molecule has 4 nitrogen and oxygen atoms in total. The Morgan fingerprint density at radius 3 is 2.54 bits per heavy atom. The van der Waals surface area contributed by atoms with E-state index in [4.69, 9.17) is 9.47 Å². The molecule has 1 unspecified atom stereocenters. The molecule has 0 amide bonds. The van der Waals surface area contributed by atoms with Crippen molar-refractivity contribution in [1.29, 1.82) is 0 Å². The molecule has 0 spiro atoms. The number of hydrogen-bond donors (Lipinski definition) is 2. The standard InChI is InChI=1S/C21H22BrNO3/c1-23(12-15-5-4-6-20(25-2)21(15)26-3)13-18-17-9-8-16(22)11-14(17)7-10-19(18)24/h4-11,24H,12-13H2,1-3H3/p+1. The highest BCUT2D eigenvalue weighted by Crippen LogP contribution is 2.31. The molecule has 0 heterocycles. The van der Waals surface area contributed by atoms with Crippen LogP contribution in [0.25, 0.3) is 10.8 Å². The smallest absolute Gasteiger partial charge is 0.169 e. The van der Waals surface area contributed by atoms with Gasteiger partial charge in [0.2, 0.25) is 0 Å². The summed E-state index contributed by atoms with van der Waals surface area (Å²) >= 11 is 3.51. The van der Waals surface area contributed by atoms with Crippen molar-refractivity contribution in [1.82, 2.24) is 0 Å². The predicted octanol–water partition coefficient (Wildman–Crippen LogP) is 3.54. The molecule has 136 valence electrons. The molecule has 0 fully saturated rings. The van der Waals surface area contributed by atoms with Gasteiger partial charge in [-0.15, -0.1) is 0 Å². The Labute approximate surface area is 162 Å². The molecule has 1 atom stereocenters. The maximum atomic E-state index is 10.4. The predicted molar refractivity (Wildman–Crippen MR) is 107 cm³/mol. The van der Waals surface area contributed by atoms with E-state index < -0.39 is 0 Å². The summed E-state index contributed by atoms with van der Waals surface area (Å²) in [4.78, 5) is 1.24. The number of nitrogens with one attached hydrogen (secondary N) is 1. The van der Waals surface area contributed by atoms with Gasteiger partial charge < -0.3 is 19.5 Å². The summed E-state index contributed by atoms with van der Waals surface area (Å²) in [5.41, 5.74) is 2.03. The minimum absolute atomic E-state index is 0.330. The highest BCUT2D eigenvalue weighted by Gasteiger charge is 2.16. The molecule has 0 aliphatic rings. The third-order valence-electron chi connectivity index (χ3n) is 4.52. The molecule has 0 aromatic heterocycles. The summed E-state index contributed by atoms with van der Waals surface area (Å²) in [7, 11) is 5.41. The molecule has 2 N–H and O–H groups in total. The second kappa shape index (κ2) is 7.98. The molecule has 0 bridgehead atoms. The first-order valence-corrected chi connectivity index (χ1v) is 9.24. The van der Waals surface area contributed by atoms with Gasteiger partial charge in [-0.3, -0.25) is 0 Å². The topological polar surface area (TPSA) is 43.1 Å². The van der Waals surface area contributed by atoms with E-state index in [-0.39, 0.29) is 0 Å². The van der Waals surface area contributed by atoms with Crippen LogP contribution in [0.2, 0.25) is 0 Å². The van der Waals surface area contributed by atoms with Crippen molar-refractivity contribution in [2.75, 3.05) is 21.3 Å². The van der Waals surface area contributed by atoms with Gasteiger partial charge in [0.25, 0.3) is 0 Å². The molecule has 3 aromatic carbocycles. The highest BCUT2D eigenvalue weighted by atomic mass is 79.9. The number of ether oxygens (including phenoxy) is 2. The van der Waals surface area contributed by atoms with E-state index in [1.165, 1.54) is 4.90 Å². The second-order valence-electron chi connectivity index (χ2n) is 6.39. The van der Waals surface area contributed by atoms with Crippen LogP contribution in [0.15, 0.2) is 53.0 Å².